The Morgan fingerprint density at radius 2 is 1.83 bits per heavy atom. The summed E-state index contributed by atoms with van der Waals surface area (Å²) in [5, 5.41) is 5.39. The van der Waals surface area contributed by atoms with Crippen LogP contribution in [0.15, 0.2) is 40.9 Å². The first kappa shape index (κ1) is 21.1. The van der Waals surface area contributed by atoms with Crippen molar-refractivity contribution >= 4 is 54.9 Å². The smallest absolute Gasteiger partial charge is 0.256 e. The fourth-order valence-electron chi connectivity index (χ4n) is 4.31. The van der Waals surface area contributed by atoms with Gasteiger partial charge >= 0.3 is 0 Å². The van der Waals surface area contributed by atoms with Crippen LogP contribution in [0.4, 0.5) is 5.00 Å². The summed E-state index contributed by atoms with van der Waals surface area (Å²) in [6, 6.07) is 11.4. The van der Waals surface area contributed by atoms with E-state index in [0.29, 0.717) is 22.0 Å². The third-order valence-electron chi connectivity index (χ3n) is 6.08. The first-order chi connectivity index (χ1) is 14.2. The predicted molar refractivity (Wildman–Crippen MR) is 127 cm³/mol. The number of hydrogen-bond donors (Lipinski definition) is 2. The van der Waals surface area contributed by atoms with Crippen molar-refractivity contribution in [2.45, 2.75) is 40.0 Å². The Bertz CT molecular complexity index is 1160. The minimum atomic E-state index is -0.474. The van der Waals surface area contributed by atoms with Gasteiger partial charge in [-0.05, 0) is 59.1 Å². The maximum absolute atomic E-state index is 13.2. The molecule has 1 aliphatic rings. The van der Waals surface area contributed by atoms with Crippen LogP contribution in [0.3, 0.4) is 0 Å². The van der Waals surface area contributed by atoms with E-state index < -0.39 is 5.91 Å². The number of rotatable bonds is 3. The van der Waals surface area contributed by atoms with Gasteiger partial charge in [0.1, 0.15) is 5.00 Å². The molecule has 4 nitrogen and oxygen atoms in total. The molecule has 1 atom stereocenters. The Morgan fingerprint density at radius 1 is 1.13 bits per heavy atom. The van der Waals surface area contributed by atoms with Crippen LogP contribution in [0, 0.1) is 11.3 Å². The van der Waals surface area contributed by atoms with Gasteiger partial charge in [-0.3, -0.25) is 9.59 Å². The van der Waals surface area contributed by atoms with Crippen molar-refractivity contribution in [1.29, 1.82) is 0 Å². The average molecular weight is 485 g/mol. The molecule has 3 aromatic rings. The second-order valence-electron chi connectivity index (χ2n) is 8.97. The SMILES string of the molecule is CC(C)(C)C1CCc2c(sc(NC(=O)c3cccc4c(Br)cccc34)c2C(N)=O)C1. The second-order valence-corrected chi connectivity index (χ2v) is 10.9. The number of primary amides is 1. The highest BCUT2D eigenvalue weighted by atomic mass is 79.9. The van der Waals surface area contributed by atoms with E-state index in [1.165, 1.54) is 16.2 Å². The minimum absolute atomic E-state index is 0.203. The van der Waals surface area contributed by atoms with E-state index in [1.807, 2.05) is 30.3 Å². The summed E-state index contributed by atoms with van der Waals surface area (Å²) < 4.78 is 0.937. The first-order valence-electron chi connectivity index (χ1n) is 10.1. The van der Waals surface area contributed by atoms with E-state index in [-0.39, 0.29) is 11.3 Å². The molecule has 1 aromatic heterocycles. The molecule has 30 heavy (non-hydrogen) atoms. The van der Waals surface area contributed by atoms with Crippen molar-refractivity contribution in [3.05, 3.63) is 62.4 Å². The van der Waals surface area contributed by atoms with E-state index in [0.717, 1.165) is 40.1 Å². The van der Waals surface area contributed by atoms with Crippen LogP contribution in [0.5, 0.6) is 0 Å². The largest absolute Gasteiger partial charge is 0.365 e. The summed E-state index contributed by atoms with van der Waals surface area (Å²) in [4.78, 5) is 26.6. The minimum Gasteiger partial charge on any atom is -0.365 e. The Morgan fingerprint density at radius 3 is 2.53 bits per heavy atom. The molecule has 0 saturated heterocycles. The number of carbonyl (C=O) groups excluding carboxylic acids is 2. The number of carbonyl (C=O) groups is 2. The molecule has 0 saturated carbocycles. The number of benzene rings is 2. The van der Waals surface area contributed by atoms with Crippen LogP contribution >= 0.6 is 27.3 Å². The van der Waals surface area contributed by atoms with E-state index in [9.17, 15) is 9.59 Å². The molecule has 1 unspecified atom stereocenters. The zero-order valence-electron chi connectivity index (χ0n) is 17.3. The lowest BCUT2D eigenvalue weighted by molar-refractivity contribution is 0.1000. The topological polar surface area (TPSA) is 72.2 Å². The van der Waals surface area contributed by atoms with Gasteiger partial charge in [-0.1, -0.05) is 61.0 Å². The number of amides is 2. The lowest BCUT2D eigenvalue weighted by atomic mass is 9.72. The van der Waals surface area contributed by atoms with Gasteiger partial charge in [0.25, 0.3) is 11.8 Å². The summed E-state index contributed by atoms with van der Waals surface area (Å²) in [7, 11) is 0. The van der Waals surface area contributed by atoms with Gasteiger partial charge < -0.3 is 11.1 Å². The number of nitrogens with two attached hydrogens (primary N) is 1. The molecule has 0 aliphatic heterocycles. The number of halogens is 1. The van der Waals surface area contributed by atoms with Crippen molar-refractivity contribution in [3.63, 3.8) is 0 Å². The summed E-state index contributed by atoms with van der Waals surface area (Å²) in [6.07, 6.45) is 2.77. The van der Waals surface area contributed by atoms with Gasteiger partial charge in [0, 0.05) is 14.9 Å². The molecule has 156 valence electrons. The van der Waals surface area contributed by atoms with E-state index in [1.54, 1.807) is 6.07 Å². The van der Waals surface area contributed by atoms with Crippen molar-refractivity contribution < 1.29 is 9.59 Å². The summed E-state index contributed by atoms with van der Waals surface area (Å²) in [6.45, 7) is 6.77. The second kappa shape index (κ2) is 7.82. The monoisotopic (exact) mass is 484 g/mol. The van der Waals surface area contributed by atoms with Crippen LogP contribution in [-0.4, -0.2) is 11.8 Å². The quantitative estimate of drug-likeness (QED) is 0.466. The van der Waals surface area contributed by atoms with Gasteiger partial charge in [-0.15, -0.1) is 11.3 Å². The van der Waals surface area contributed by atoms with Crippen LogP contribution in [0.25, 0.3) is 10.8 Å². The Balaban J connectivity index is 1.71. The molecule has 0 radical (unpaired) electrons. The van der Waals surface area contributed by atoms with Gasteiger partial charge in [0.2, 0.25) is 0 Å². The Hall–Kier alpha value is -2.18. The molecule has 0 fully saturated rings. The zero-order chi connectivity index (χ0) is 21.6. The molecular weight excluding hydrogens is 460 g/mol. The number of thiophene rings is 1. The average Bonchev–Trinajstić information content (AvgIpc) is 3.04. The highest BCUT2D eigenvalue weighted by molar-refractivity contribution is 9.10. The fraction of sp³-hybridized carbons (Fsp3) is 0.333. The summed E-state index contributed by atoms with van der Waals surface area (Å²) in [5.41, 5.74) is 8.01. The van der Waals surface area contributed by atoms with Crippen molar-refractivity contribution in [2.75, 3.05) is 5.32 Å². The molecular formula is C24H25BrN2O2S. The number of anilines is 1. The van der Waals surface area contributed by atoms with E-state index in [4.69, 9.17) is 5.73 Å². The number of fused-ring (bicyclic) bond motifs is 2. The lowest BCUT2D eigenvalue weighted by Gasteiger charge is -2.33. The highest BCUT2D eigenvalue weighted by Crippen LogP contribution is 2.44. The zero-order valence-corrected chi connectivity index (χ0v) is 19.7. The normalized spacial score (nSPS) is 16.3. The first-order valence-corrected chi connectivity index (χ1v) is 11.7. The maximum Gasteiger partial charge on any atom is 0.256 e. The molecule has 4 rings (SSSR count). The van der Waals surface area contributed by atoms with Crippen molar-refractivity contribution in [2.24, 2.45) is 17.1 Å². The van der Waals surface area contributed by atoms with Gasteiger partial charge in [-0.25, -0.2) is 0 Å². The maximum atomic E-state index is 13.2. The van der Waals surface area contributed by atoms with E-state index >= 15 is 0 Å². The van der Waals surface area contributed by atoms with Gasteiger partial charge in [0.15, 0.2) is 0 Å². The Kier molecular flexibility index (Phi) is 5.49. The molecule has 2 amide bonds. The third kappa shape index (κ3) is 3.79. The van der Waals surface area contributed by atoms with E-state index in [2.05, 4.69) is 42.0 Å². The lowest BCUT2D eigenvalue weighted by Crippen LogP contribution is -2.27. The predicted octanol–water partition coefficient (Wildman–Crippen LogP) is 6.17. The molecule has 3 N–H and O–H groups in total. The van der Waals surface area contributed by atoms with Crippen molar-refractivity contribution in [3.8, 4) is 0 Å². The molecule has 2 aromatic carbocycles. The number of hydrogen-bond acceptors (Lipinski definition) is 3. The standard InChI is InChI=1S/C24H25BrN2O2S/c1-24(2,3)13-10-11-17-19(12-13)30-23(20(17)21(26)28)27-22(29)16-8-4-7-15-14(16)6-5-9-18(15)25/h4-9,13H,10-12H2,1-3H3,(H2,26,28)(H,27,29). The van der Waals surface area contributed by atoms with Crippen LogP contribution < -0.4 is 11.1 Å². The van der Waals surface area contributed by atoms with Gasteiger partial charge in [-0.2, -0.15) is 0 Å². The summed E-state index contributed by atoms with van der Waals surface area (Å²) in [5.74, 6) is -0.159. The van der Waals surface area contributed by atoms with Crippen molar-refractivity contribution in [1.82, 2.24) is 0 Å². The van der Waals surface area contributed by atoms with Gasteiger partial charge in [0.05, 0.1) is 5.56 Å². The molecule has 1 heterocycles. The fourth-order valence-corrected chi connectivity index (χ4v) is 6.14. The molecule has 6 heteroatoms. The Labute approximate surface area is 189 Å². The third-order valence-corrected chi connectivity index (χ3v) is 7.94. The molecule has 0 bridgehead atoms. The molecule has 0 spiro atoms. The van der Waals surface area contributed by atoms with Crippen LogP contribution in [0.2, 0.25) is 0 Å². The molecule has 1 aliphatic carbocycles. The summed E-state index contributed by atoms with van der Waals surface area (Å²) >= 11 is 5.05. The van der Waals surface area contributed by atoms with Crippen LogP contribution in [-0.2, 0) is 12.8 Å². The van der Waals surface area contributed by atoms with Crippen LogP contribution in [0.1, 0.15) is 58.3 Å². The highest BCUT2D eigenvalue weighted by Gasteiger charge is 2.33. The number of nitrogens with one attached hydrogen (secondary N) is 1.